The molecule has 0 aliphatic carbocycles. The summed E-state index contributed by atoms with van der Waals surface area (Å²) in [6.45, 7) is 6.28. The summed E-state index contributed by atoms with van der Waals surface area (Å²) in [4.78, 5) is 26.7. The molecule has 4 N–H and O–H groups in total. The van der Waals surface area contributed by atoms with Crippen molar-refractivity contribution in [3.63, 3.8) is 0 Å². The number of aryl methyl sites for hydroxylation is 1. The summed E-state index contributed by atoms with van der Waals surface area (Å²) >= 11 is 1.08. The lowest BCUT2D eigenvalue weighted by molar-refractivity contribution is 0.0701. The highest BCUT2D eigenvalue weighted by atomic mass is 32.1. The standard InChI is InChI=1S/C12H20N4O3S/c1-3-13-5-4-6-14-12(19)15-7-9-16-8(2)10(20-9)11(17)18/h13H,3-7H2,1-2H3,(H,17,18)(H2,14,15,19). The van der Waals surface area contributed by atoms with E-state index in [4.69, 9.17) is 5.11 Å². The predicted molar refractivity (Wildman–Crippen MR) is 77.2 cm³/mol. The molecule has 112 valence electrons. The van der Waals surface area contributed by atoms with Gasteiger partial charge < -0.3 is 21.1 Å². The quantitative estimate of drug-likeness (QED) is 0.535. The monoisotopic (exact) mass is 300 g/mol. The Bertz CT molecular complexity index is 462. The molecule has 1 rings (SSSR count). The molecule has 0 radical (unpaired) electrons. The van der Waals surface area contributed by atoms with Crippen LogP contribution in [0.5, 0.6) is 0 Å². The van der Waals surface area contributed by atoms with Crippen molar-refractivity contribution in [2.75, 3.05) is 19.6 Å². The molecule has 0 saturated heterocycles. The van der Waals surface area contributed by atoms with E-state index in [-0.39, 0.29) is 17.5 Å². The Balaban J connectivity index is 2.27. The minimum absolute atomic E-state index is 0.216. The number of rotatable bonds is 8. The second-order valence-corrected chi connectivity index (χ2v) is 5.23. The maximum Gasteiger partial charge on any atom is 0.347 e. The maximum atomic E-state index is 11.5. The summed E-state index contributed by atoms with van der Waals surface area (Å²) in [5.41, 5.74) is 0.477. The normalized spacial score (nSPS) is 10.3. The zero-order valence-electron chi connectivity index (χ0n) is 11.7. The molecule has 0 saturated carbocycles. The van der Waals surface area contributed by atoms with Crippen molar-refractivity contribution in [2.45, 2.75) is 26.8 Å². The zero-order chi connectivity index (χ0) is 15.0. The van der Waals surface area contributed by atoms with Gasteiger partial charge in [-0.25, -0.2) is 14.6 Å². The van der Waals surface area contributed by atoms with Gasteiger partial charge in [0.05, 0.1) is 12.2 Å². The molecule has 0 aliphatic rings. The second kappa shape index (κ2) is 8.49. The van der Waals surface area contributed by atoms with Gasteiger partial charge in [-0.05, 0) is 26.4 Å². The van der Waals surface area contributed by atoms with Crippen molar-refractivity contribution in [3.8, 4) is 0 Å². The Kier molecular flexibility index (Phi) is 6.96. The number of nitrogens with zero attached hydrogens (tertiary/aromatic N) is 1. The molecule has 0 bridgehead atoms. The van der Waals surface area contributed by atoms with E-state index in [1.165, 1.54) is 0 Å². The fourth-order valence-electron chi connectivity index (χ4n) is 1.54. The van der Waals surface area contributed by atoms with E-state index in [1.54, 1.807) is 6.92 Å². The highest BCUT2D eigenvalue weighted by molar-refractivity contribution is 7.13. The van der Waals surface area contributed by atoms with Crippen molar-refractivity contribution < 1.29 is 14.7 Å². The van der Waals surface area contributed by atoms with E-state index in [9.17, 15) is 9.59 Å². The summed E-state index contributed by atoms with van der Waals surface area (Å²) in [5, 5.41) is 18.0. The Morgan fingerprint density at radius 3 is 2.65 bits per heavy atom. The number of carbonyl (C=O) groups is 2. The molecule has 7 nitrogen and oxygen atoms in total. The molecule has 0 fully saturated rings. The number of amides is 2. The van der Waals surface area contributed by atoms with Crippen molar-refractivity contribution >= 4 is 23.3 Å². The first-order chi connectivity index (χ1) is 9.54. The van der Waals surface area contributed by atoms with E-state index in [1.807, 2.05) is 6.92 Å². The Morgan fingerprint density at radius 2 is 2.05 bits per heavy atom. The van der Waals surface area contributed by atoms with Crippen LogP contribution >= 0.6 is 11.3 Å². The number of nitrogens with one attached hydrogen (secondary N) is 3. The largest absolute Gasteiger partial charge is 0.477 e. The predicted octanol–water partition coefficient (Wildman–Crippen LogP) is 0.949. The smallest absolute Gasteiger partial charge is 0.347 e. The van der Waals surface area contributed by atoms with Gasteiger partial charge in [-0.1, -0.05) is 6.92 Å². The number of aromatic carboxylic acids is 1. The van der Waals surface area contributed by atoms with Gasteiger partial charge in [0.2, 0.25) is 0 Å². The number of hydrogen-bond donors (Lipinski definition) is 4. The molecule has 0 aromatic carbocycles. The SMILES string of the molecule is CCNCCCNC(=O)NCc1nc(C)c(C(=O)O)s1. The topological polar surface area (TPSA) is 103 Å². The van der Waals surface area contributed by atoms with E-state index in [2.05, 4.69) is 20.9 Å². The lowest BCUT2D eigenvalue weighted by Gasteiger charge is -2.06. The minimum atomic E-state index is -0.987. The summed E-state index contributed by atoms with van der Waals surface area (Å²) in [7, 11) is 0. The molecule has 1 heterocycles. The molecule has 1 aromatic heterocycles. The average Bonchev–Trinajstić information content (AvgIpc) is 2.77. The summed E-state index contributed by atoms with van der Waals surface area (Å²) < 4.78 is 0. The van der Waals surface area contributed by atoms with Crippen molar-refractivity contribution in [2.24, 2.45) is 0 Å². The van der Waals surface area contributed by atoms with Gasteiger partial charge in [0, 0.05) is 6.54 Å². The zero-order valence-corrected chi connectivity index (χ0v) is 12.5. The van der Waals surface area contributed by atoms with Crippen LogP contribution in [0.4, 0.5) is 4.79 Å². The van der Waals surface area contributed by atoms with E-state index >= 15 is 0 Å². The fraction of sp³-hybridized carbons (Fsp3) is 0.583. The number of thiazole rings is 1. The third kappa shape index (κ3) is 5.54. The van der Waals surface area contributed by atoms with Crippen LogP contribution in [0.1, 0.15) is 33.7 Å². The summed E-state index contributed by atoms with van der Waals surface area (Å²) in [5.74, 6) is -0.987. The molecule has 0 spiro atoms. The van der Waals surface area contributed by atoms with Gasteiger partial charge in [0.1, 0.15) is 9.88 Å². The van der Waals surface area contributed by atoms with Gasteiger partial charge in [-0.3, -0.25) is 0 Å². The van der Waals surface area contributed by atoms with Gasteiger partial charge in [-0.2, -0.15) is 0 Å². The van der Waals surface area contributed by atoms with Crippen LogP contribution in [-0.4, -0.2) is 41.7 Å². The number of carbonyl (C=O) groups excluding carboxylic acids is 1. The van der Waals surface area contributed by atoms with Crippen LogP contribution in [0.25, 0.3) is 0 Å². The molecular weight excluding hydrogens is 280 g/mol. The lowest BCUT2D eigenvalue weighted by atomic mass is 10.4. The number of carboxylic acid groups (broad SMARTS) is 1. The highest BCUT2D eigenvalue weighted by Gasteiger charge is 2.14. The van der Waals surface area contributed by atoms with Crippen LogP contribution in [0.15, 0.2) is 0 Å². The van der Waals surface area contributed by atoms with Gasteiger partial charge >= 0.3 is 12.0 Å². The van der Waals surface area contributed by atoms with Crippen LogP contribution in [0, 0.1) is 6.92 Å². The molecule has 8 heteroatoms. The first-order valence-corrected chi connectivity index (χ1v) is 7.28. The molecule has 0 atom stereocenters. The number of urea groups is 1. The van der Waals surface area contributed by atoms with Gasteiger partial charge in [0.15, 0.2) is 0 Å². The number of hydrogen-bond acceptors (Lipinski definition) is 5. The molecule has 20 heavy (non-hydrogen) atoms. The summed E-state index contributed by atoms with van der Waals surface area (Å²) in [6.07, 6.45) is 0.862. The molecular formula is C12H20N4O3S. The molecule has 0 unspecified atom stereocenters. The Labute approximate surface area is 121 Å². The average molecular weight is 300 g/mol. The first-order valence-electron chi connectivity index (χ1n) is 6.46. The minimum Gasteiger partial charge on any atom is -0.477 e. The number of carboxylic acids is 1. The Morgan fingerprint density at radius 1 is 1.30 bits per heavy atom. The van der Waals surface area contributed by atoms with Crippen molar-refractivity contribution in [1.82, 2.24) is 20.9 Å². The second-order valence-electron chi connectivity index (χ2n) is 4.14. The Hall–Kier alpha value is -1.67. The third-order valence-electron chi connectivity index (χ3n) is 2.50. The lowest BCUT2D eigenvalue weighted by Crippen LogP contribution is -2.36. The van der Waals surface area contributed by atoms with Crippen LogP contribution in [0.2, 0.25) is 0 Å². The molecule has 0 aliphatic heterocycles. The number of aromatic nitrogens is 1. The van der Waals surface area contributed by atoms with Crippen LogP contribution in [0.3, 0.4) is 0 Å². The van der Waals surface area contributed by atoms with Gasteiger partial charge in [-0.15, -0.1) is 11.3 Å². The highest BCUT2D eigenvalue weighted by Crippen LogP contribution is 2.17. The third-order valence-corrected chi connectivity index (χ3v) is 3.65. The van der Waals surface area contributed by atoms with Crippen molar-refractivity contribution in [1.29, 1.82) is 0 Å². The maximum absolute atomic E-state index is 11.5. The van der Waals surface area contributed by atoms with E-state index < -0.39 is 5.97 Å². The van der Waals surface area contributed by atoms with Crippen molar-refractivity contribution in [3.05, 3.63) is 15.6 Å². The fourth-order valence-corrected chi connectivity index (χ4v) is 2.38. The van der Waals surface area contributed by atoms with Gasteiger partial charge in [0.25, 0.3) is 0 Å². The van der Waals surface area contributed by atoms with Crippen LogP contribution < -0.4 is 16.0 Å². The summed E-state index contributed by atoms with van der Waals surface area (Å²) in [6, 6.07) is -0.272. The van der Waals surface area contributed by atoms with E-state index in [0.29, 0.717) is 17.2 Å². The van der Waals surface area contributed by atoms with Crippen LogP contribution in [-0.2, 0) is 6.54 Å². The first kappa shape index (κ1) is 16.4. The molecule has 1 aromatic rings. The van der Waals surface area contributed by atoms with E-state index in [0.717, 1.165) is 30.8 Å². The molecule has 2 amide bonds.